The van der Waals surface area contributed by atoms with Crippen LogP contribution in [0.25, 0.3) is 0 Å². The van der Waals surface area contributed by atoms with Crippen molar-refractivity contribution in [3.63, 3.8) is 0 Å². The summed E-state index contributed by atoms with van der Waals surface area (Å²) in [4.78, 5) is 0. The summed E-state index contributed by atoms with van der Waals surface area (Å²) in [6.45, 7) is 6.59. The maximum atomic E-state index is 13.2. The molecule has 23 heavy (non-hydrogen) atoms. The van der Waals surface area contributed by atoms with Gasteiger partial charge in [-0.15, -0.1) is 0 Å². The van der Waals surface area contributed by atoms with Crippen molar-refractivity contribution in [3.05, 3.63) is 24.3 Å². The van der Waals surface area contributed by atoms with Gasteiger partial charge in [-0.05, 0) is 54.9 Å². The topological polar surface area (TPSA) is 55.8 Å². The first-order valence-corrected chi connectivity index (χ1v) is 10.2. The highest BCUT2D eigenvalue weighted by Crippen LogP contribution is 2.50. The number of aliphatic hydroxyl groups excluding tert-OH is 1. The molecule has 4 atom stereocenters. The first-order chi connectivity index (χ1) is 10.9. The van der Waals surface area contributed by atoms with Crippen molar-refractivity contribution in [2.45, 2.75) is 46.1 Å². The Kier molecular flexibility index (Phi) is 6.30. The van der Waals surface area contributed by atoms with E-state index >= 15 is 0 Å². The molecule has 1 saturated carbocycles. The molecule has 5 heteroatoms. The molecule has 0 heterocycles. The predicted octanol–water partition coefficient (Wildman–Crippen LogP) is 4.03. The molecule has 0 aliphatic heterocycles. The van der Waals surface area contributed by atoms with E-state index in [0.29, 0.717) is 28.8 Å². The molecule has 1 aromatic carbocycles. The smallest absolute Gasteiger partial charge is 0.256 e. The zero-order valence-corrected chi connectivity index (χ0v) is 15.5. The third-order valence-corrected chi connectivity index (χ3v) is 6.99. The Morgan fingerprint density at radius 2 is 1.91 bits per heavy atom. The van der Waals surface area contributed by atoms with Gasteiger partial charge in [0.2, 0.25) is 0 Å². The van der Waals surface area contributed by atoms with E-state index in [9.17, 15) is 9.67 Å². The summed E-state index contributed by atoms with van der Waals surface area (Å²) in [5, 5.41) is 10.3. The van der Waals surface area contributed by atoms with Crippen LogP contribution in [0.4, 0.5) is 0 Å². The number of hydrogen-bond acceptors (Lipinski definition) is 4. The van der Waals surface area contributed by atoms with Crippen LogP contribution in [0.2, 0.25) is 0 Å². The van der Waals surface area contributed by atoms with Gasteiger partial charge in [-0.1, -0.05) is 27.2 Å². The average Bonchev–Trinajstić information content (AvgIpc) is 2.54. The van der Waals surface area contributed by atoms with Crippen LogP contribution in [0.15, 0.2) is 24.3 Å². The maximum Gasteiger partial charge on any atom is 0.256 e. The Labute approximate surface area is 139 Å². The van der Waals surface area contributed by atoms with Crippen LogP contribution in [0.1, 0.15) is 40.0 Å². The molecule has 0 spiro atoms. The van der Waals surface area contributed by atoms with Gasteiger partial charge in [-0.2, -0.15) is 0 Å². The summed E-state index contributed by atoms with van der Waals surface area (Å²) in [6.07, 6.45) is 2.67. The van der Waals surface area contributed by atoms with E-state index in [1.54, 1.807) is 31.4 Å². The molecule has 0 radical (unpaired) electrons. The average molecular weight is 340 g/mol. The van der Waals surface area contributed by atoms with Gasteiger partial charge in [0.05, 0.1) is 13.2 Å². The van der Waals surface area contributed by atoms with E-state index in [0.717, 1.165) is 12.8 Å². The molecule has 0 aromatic heterocycles. The van der Waals surface area contributed by atoms with Crippen LogP contribution in [-0.2, 0) is 9.09 Å². The van der Waals surface area contributed by atoms with E-state index in [1.165, 1.54) is 6.42 Å². The van der Waals surface area contributed by atoms with Crippen LogP contribution in [-0.4, -0.2) is 24.7 Å². The Hall–Kier alpha value is -0.830. The number of benzene rings is 1. The van der Waals surface area contributed by atoms with Gasteiger partial charge in [-0.25, -0.2) is 0 Å². The Morgan fingerprint density at radius 3 is 2.43 bits per heavy atom. The summed E-state index contributed by atoms with van der Waals surface area (Å²) in [5.41, 5.74) is 0. The van der Waals surface area contributed by atoms with E-state index in [-0.39, 0.29) is 6.10 Å². The predicted molar refractivity (Wildman–Crippen MR) is 93.5 cm³/mol. The fraction of sp³-hybridized carbons (Fsp3) is 0.667. The summed E-state index contributed by atoms with van der Waals surface area (Å²) >= 11 is 0. The third-order valence-electron chi connectivity index (χ3n) is 4.92. The zero-order chi connectivity index (χ0) is 17.0. The minimum Gasteiger partial charge on any atom is -0.497 e. The molecule has 2 rings (SSSR count). The van der Waals surface area contributed by atoms with Crippen molar-refractivity contribution < 1.29 is 18.9 Å². The molecule has 1 unspecified atom stereocenters. The molecular weight excluding hydrogens is 311 g/mol. The van der Waals surface area contributed by atoms with Crippen LogP contribution < -0.4 is 10.0 Å². The van der Waals surface area contributed by atoms with Gasteiger partial charge in [0, 0.05) is 5.30 Å². The van der Waals surface area contributed by atoms with E-state index < -0.39 is 13.7 Å². The second-order valence-corrected chi connectivity index (χ2v) is 9.34. The molecular formula is C18H29O4P. The minimum absolute atomic E-state index is 0.0566. The number of ether oxygens (including phenoxy) is 1. The summed E-state index contributed by atoms with van der Waals surface area (Å²) in [7, 11) is -1.66. The van der Waals surface area contributed by atoms with Crippen LogP contribution >= 0.6 is 7.37 Å². The van der Waals surface area contributed by atoms with Crippen LogP contribution in [0, 0.1) is 17.8 Å². The van der Waals surface area contributed by atoms with E-state index in [1.807, 2.05) is 0 Å². The number of rotatable bonds is 6. The lowest BCUT2D eigenvalue weighted by molar-refractivity contribution is 0.0471. The Morgan fingerprint density at radius 1 is 1.26 bits per heavy atom. The van der Waals surface area contributed by atoms with Crippen molar-refractivity contribution >= 4 is 12.7 Å². The van der Waals surface area contributed by atoms with Crippen LogP contribution in [0.3, 0.4) is 0 Å². The third kappa shape index (κ3) is 4.37. The molecule has 130 valence electrons. The molecule has 1 fully saturated rings. The van der Waals surface area contributed by atoms with Gasteiger partial charge < -0.3 is 14.4 Å². The molecule has 0 saturated heterocycles. The zero-order valence-electron chi connectivity index (χ0n) is 14.6. The Bertz CT molecular complexity index is 540. The Balaban J connectivity index is 2.22. The largest absolute Gasteiger partial charge is 0.497 e. The second kappa shape index (κ2) is 7.83. The standard InChI is InChI=1S/C18H29O4P/c1-13(2)17-10-5-14(3)11-18(17)22-23(20,12-19)16-8-6-15(21-4)7-9-16/h6-9,13-14,17-19H,5,10-12H2,1-4H3/t14-,17+,18-,23?/m1/s1. The van der Waals surface area contributed by atoms with E-state index in [2.05, 4.69) is 20.8 Å². The summed E-state index contributed by atoms with van der Waals surface area (Å²) in [5.74, 6) is 2.14. The fourth-order valence-electron chi connectivity index (χ4n) is 3.44. The van der Waals surface area contributed by atoms with Gasteiger partial charge >= 0.3 is 0 Å². The summed E-state index contributed by atoms with van der Waals surface area (Å²) < 4.78 is 24.4. The van der Waals surface area contributed by atoms with Crippen molar-refractivity contribution in [1.29, 1.82) is 0 Å². The molecule has 0 bridgehead atoms. The normalized spacial score (nSPS) is 27.7. The highest BCUT2D eigenvalue weighted by atomic mass is 31.2. The number of aliphatic hydroxyl groups is 1. The number of methoxy groups -OCH3 is 1. The van der Waals surface area contributed by atoms with Gasteiger partial charge in [0.25, 0.3) is 7.37 Å². The van der Waals surface area contributed by atoms with Crippen molar-refractivity contribution in [1.82, 2.24) is 0 Å². The van der Waals surface area contributed by atoms with Crippen LogP contribution in [0.5, 0.6) is 5.75 Å². The lowest BCUT2D eigenvalue weighted by Gasteiger charge is -2.38. The summed E-state index contributed by atoms with van der Waals surface area (Å²) in [6, 6.07) is 6.97. The van der Waals surface area contributed by atoms with Gasteiger partial charge in [-0.3, -0.25) is 4.57 Å². The maximum absolute atomic E-state index is 13.2. The highest BCUT2D eigenvalue weighted by molar-refractivity contribution is 7.66. The fourth-order valence-corrected chi connectivity index (χ4v) is 5.07. The minimum atomic E-state index is -3.25. The second-order valence-electron chi connectivity index (χ2n) is 6.98. The van der Waals surface area contributed by atoms with Crippen molar-refractivity contribution in [2.75, 3.05) is 13.5 Å². The highest BCUT2D eigenvalue weighted by Gasteiger charge is 2.37. The molecule has 1 aliphatic rings. The first-order valence-electron chi connectivity index (χ1n) is 8.42. The van der Waals surface area contributed by atoms with Gasteiger partial charge in [0.15, 0.2) is 0 Å². The molecule has 1 aromatic rings. The van der Waals surface area contributed by atoms with E-state index in [4.69, 9.17) is 9.26 Å². The quantitative estimate of drug-likeness (QED) is 0.795. The molecule has 4 nitrogen and oxygen atoms in total. The number of hydrogen-bond donors (Lipinski definition) is 1. The molecule has 0 amide bonds. The van der Waals surface area contributed by atoms with Crippen molar-refractivity contribution in [2.24, 2.45) is 17.8 Å². The first kappa shape index (κ1) is 18.5. The monoisotopic (exact) mass is 340 g/mol. The molecule has 1 aliphatic carbocycles. The SMILES string of the molecule is COc1ccc(P(=O)(CO)O[C@@H]2C[C@H](C)CC[C@H]2C(C)C)cc1. The molecule has 1 N–H and O–H groups in total. The van der Waals surface area contributed by atoms with Crippen molar-refractivity contribution in [3.8, 4) is 5.75 Å². The lowest BCUT2D eigenvalue weighted by Crippen LogP contribution is -2.34. The lowest BCUT2D eigenvalue weighted by atomic mass is 9.75. The van der Waals surface area contributed by atoms with Gasteiger partial charge in [0.1, 0.15) is 12.1 Å².